The molecule has 0 atom stereocenters. The molecule has 2 rings (SSSR count). The molecule has 0 unspecified atom stereocenters. The minimum absolute atomic E-state index is 0.719. The van der Waals surface area contributed by atoms with Crippen LogP contribution in [0.4, 0.5) is 0 Å². The Hall–Kier alpha value is -0.380. The van der Waals surface area contributed by atoms with Gasteiger partial charge in [-0.15, -0.1) is 0 Å². The van der Waals surface area contributed by atoms with Gasteiger partial charge in [-0.2, -0.15) is 0 Å². The standard InChI is InChI=1S/C11H12Cl2N2S/c12-9-3-1-4-10(13)8(9)7-16-11-14-5-2-6-15-11/h1,3-4H,2,5-7H2,(H,14,15). The van der Waals surface area contributed by atoms with E-state index in [1.165, 1.54) is 0 Å². The fraction of sp³-hybridized carbons (Fsp3) is 0.364. The molecule has 0 fully saturated rings. The molecule has 2 nitrogen and oxygen atoms in total. The Morgan fingerprint density at radius 1 is 1.31 bits per heavy atom. The number of benzene rings is 1. The molecule has 0 bridgehead atoms. The third kappa shape index (κ3) is 3.06. The normalized spacial score (nSPS) is 15.5. The molecule has 1 aliphatic heterocycles. The summed E-state index contributed by atoms with van der Waals surface area (Å²) in [7, 11) is 0. The first kappa shape index (κ1) is 12.1. The lowest BCUT2D eigenvalue weighted by molar-refractivity contribution is 0.751. The van der Waals surface area contributed by atoms with Crippen molar-refractivity contribution < 1.29 is 0 Å². The summed E-state index contributed by atoms with van der Waals surface area (Å²) >= 11 is 13.8. The van der Waals surface area contributed by atoms with Crippen molar-refractivity contribution in [2.24, 2.45) is 4.99 Å². The minimum atomic E-state index is 0.719. The molecule has 16 heavy (non-hydrogen) atoms. The predicted octanol–water partition coefficient (Wildman–Crippen LogP) is 3.58. The highest BCUT2D eigenvalue weighted by Crippen LogP contribution is 2.28. The second-order valence-corrected chi connectivity index (χ2v) is 5.23. The van der Waals surface area contributed by atoms with Gasteiger partial charge in [0.2, 0.25) is 0 Å². The van der Waals surface area contributed by atoms with Gasteiger partial charge >= 0.3 is 0 Å². The van der Waals surface area contributed by atoms with Crippen molar-refractivity contribution in [3.63, 3.8) is 0 Å². The van der Waals surface area contributed by atoms with Crippen LogP contribution in [0, 0.1) is 0 Å². The molecule has 0 spiro atoms. The maximum absolute atomic E-state index is 6.09. The fourth-order valence-corrected chi connectivity index (χ4v) is 3.09. The van der Waals surface area contributed by atoms with E-state index in [0.29, 0.717) is 0 Å². The van der Waals surface area contributed by atoms with Crippen LogP contribution >= 0.6 is 35.0 Å². The zero-order valence-corrected chi connectivity index (χ0v) is 11.0. The van der Waals surface area contributed by atoms with E-state index in [9.17, 15) is 0 Å². The highest BCUT2D eigenvalue weighted by Gasteiger charge is 2.09. The van der Waals surface area contributed by atoms with Crippen molar-refractivity contribution in [3.05, 3.63) is 33.8 Å². The number of nitrogens with zero attached hydrogens (tertiary/aromatic N) is 1. The lowest BCUT2D eigenvalue weighted by Gasteiger charge is -2.14. The molecular formula is C11H12Cl2N2S. The molecule has 1 aromatic rings. The maximum atomic E-state index is 6.09. The SMILES string of the molecule is Clc1cccc(Cl)c1CSC1=NCCCN1. The highest BCUT2D eigenvalue weighted by molar-refractivity contribution is 8.13. The van der Waals surface area contributed by atoms with E-state index >= 15 is 0 Å². The van der Waals surface area contributed by atoms with E-state index < -0.39 is 0 Å². The lowest BCUT2D eigenvalue weighted by Crippen LogP contribution is -2.26. The second kappa shape index (κ2) is 5.80. The van der Waals surface area contributed by atoms with Crippen molar-refractivity contribution in [1.82, 2.24) is 5.32 Å². The second-order valence-electron chi connectivity index (χ2n) is 3.46. The van der Waals surface area contributed by atoms with Crippen molar-refractivity contribution in [2.75, 3.05) is 13.1 Å². The van der Waals surface area contributed by atoms with E-state index in [-0.39, 0.29) is 0 Å². The quantitative estimate of drug-likeness (QED) is 0.892. The number of hydrogen-bond acceptors (Lipinski definition) is 3. The number of hydrogen-bond donors (Lipinski definition) is 1. The molecule has 0 radical (unpaired) electrons. The van der Waals surface area contributed by atoms with E-state index in [2.05, 4.69) is 10.3 Å². The van der Waals surface area contributed by atoms with Crippen molar-refractivity contribution in [2.45, 2.75) is 12.2 Å². The van der Waals surface area contributed by atoms with E-state index in [0.717, 1.165) is 46.0 Å². The minimum Gasteiger partial charge on any atom is -0.365 e. The van der Waals surface area contributed by atoms with Crippen LogP contribution in [0.25, 0.3) is 0 Å². The fourth-order valence-electron chi connectivity index (χ4n) is 1.42. The Morgan fingerprint density at radius 3 is 2.69 bits per heavy atom. The van der Waals surface area contributed by atoms with Crippen LogP contribution in [0.2, 0.25) is 10.0 Å². The van der Waals surface area contributed by atoms with Crippen LogP contribution in [0.5, 0.6) is 0 Å². The largest absolute Gasteiger partial charge is 0.365 e. The average Bonchev–Trinajstić information content (AvgIpc) is 2.30. The Morgan fingerprint density at radius 2 is 2.06 bits per heavy atom. The van der Waals surface area contributed by atoms with Crippen LogP contribution < -0.4 is 5.32 Å². The molecule has 0 saturated carbocycles. The predicted molar refractivity (Wildman–Crippen MR) is 72.7 cm³/mol. The van der Waals surface area contributed by atoms with Gasteiger partial charge in [0.15, 0.2) is 5.17 Å². The molecule has 0 aliphatic carbocycles. The molecule has 0 saturated heterocycles. The van der Waals surface area contributed by atoms with Crippen LogP contribution in [-0.4, -0.2) is 18.3 Å². The number of aliphatic imine (C=N–C) groups is 1. The molecular weight excluding hydrogens is 263 g/mol. The molecule has 1 aliphatic rings. The van der Waals surface area contributed by atoms with Gasteiger partial charge in [-0.25, -0.2) is 0 Å². The number of rotatable bonds is 2. The maximum Gasteiger partial charge on any atom is 0.156 e. The third-order valence-electron chi connectivity index (χ3n) is 2.28. The summed E-state index contributed by atoms with van der Waals surface area (Å²) in [4.78, 5) is 4.39. The number of thioether (sulfide) groups is 1. The topological polar surface area (TPSA) is 24.4 Å². The van der Waals surface area contributed by atoms with Crippen molar-refractivity contribution >= 4 is 40.1 Å². The van der Waals surface area contributed by atoms with Crippen LogP contribution in [0.15, 0.2) is 23.2 Å². The summed E-state index contributed by atoms with van der Waals surface area (Å²) in [5.74, 6) is 0.754. The number of halogens is 2. The molecule has 1 aromatic carbocycles. The van der Waals surface area contributed by atoms with Crippen molar-refractivity contribution in [3.8, 4) is 0 Å². The zero-order chi connectivity index (χ0) is 11.4. The van der Waals surface area contributed by atoms with Gasteiger partial charge in [0, 0.05) is 28.9 Å². The Balaban J connectivity index is 2.01. The molecule has 1 heterocycles. The summed E-state index contributed by atoms with van der Waals surface area (Å²) in [5, 5.41) is 5.68. The van der Waals surface area contributed by atoms with Gasteiger partial charge in [0.1, 0.15) is 0 Å². The molecule has 86 valence electrons. The van der Waals surface area contributed by atoms with E-state index in [1.807, 2.05) is 18.2 Å². The van der Waals surface area contributed by atoms with E-state index in [1.54, 1.807) is 11.8 Å². The molecule has 1 N–H and O–H groups in total. The van der Waals surface area contributed by atoms with Gasteiger partial charge in [0.25, 0.3) is 0 Å². The molecule has 0 aromatic heterocycles. The van der Waals surface area contributed by atoms with Gasteiger partial charge in [-0.05, 0) is 24.1 Å². The Kier molecular flexibility index (Phi) is 4.38. The Bertz CT molecular complexity index is 387. The smallest absolute Gasteiger partial charge is 0.156 e. The van der Waals surface area contributed by atoms with Crippen LogP contribution in [-0.2, 0) is 5.75 Å². The van der Waals surface area contributed by atoms with Gasteiger partial charge < -0.3 is 5.32 Å². The van der Waals surface area contributed by atoms with Crippen LogP contribution in [0.3, 0.4) is 0 Å². The average molecular weight is 275 g/mol. The number of amidine groups is 1. The molecule has 5 heteroatoms. The van der Waals surface area contributed by atoms with Gasteiger partial charge in [-0.3, -0.25) is 4.99 Å². The summed E-state index contributed by atoms with van der Waals surface area (Å²) in [5.41, 5.74) is 0.978. The number of nitrogens with one attached hydrogen (secondary N) is 1. The molecule has 0 amide bonds. The van der Waals surface area contributed by atoms with Crippen LogP contribution in [0.1, 0.15) is 12.0 Å². The van der Waals surface area contributed by atoms with Gasteiger partial charge in [0.05, 0.1) is 0 Å². The summed E-state index contributed by atoms with van der Waals surface area (Å²) in [6.45, 7) is 1.91. The Labute approximate surface area is 109 Å². The summed E-state index contributed by atoms with van der Waals surface area (Å²) in [6, 6.07) is 5.58. The monoisotopic (exact) mass is 274 g/mol. The highest BCUT2D eigenvalue weighted by atomic mass is 35.5. The lowest BCUT2D eigenvalue weighted by atomic mass is 10.2. The summed E-state index contributed by atoms with van der Waals surface area (Å²) in [6.07, 6.45) is 1.11. The van der Waals surface area contributed by atoms with Gasteiger partial charge in [-0.1, -0.05) is 41.0 Å². The third-order valence-corrected chi connectivity index (χ3v) is 3.97. The summed E-state index contributed by atoms with van der Waals surface area (Å²) < 4.78 is 0. The first-order chi connectivity index (χ1) is 7.77. The van der Waals surface area contributed by atoms with E-state index in [4.69, 9.17) is 23.2 Å². The zero-order valence-electron chi connectivity index (χ0n) is 8.67. The first-order valence-electron chi connectivity index (χ1n) is 5.11. The van der Waals surface area contributed by atoms with Crippen molar-refractivity contribution in [1.29, 1.82) is 0 Å². The first-order valence-corrected chi connectivity index (χ1v) is 6.85.